The zero-order chi connectivity index (χ0) is 13.8. The Kier molecular flexibility index (Phi) is 4.69. The van der Waals surface area contributed by atoms with Gasteiger partial charge in [0.1, 0.15) is 0 Å². The molecule has 3 heteroatoms. The van der Waals surface area contributed by atoms with Crippen molar-refractivity contribution < 1.29 is 0 Å². The Morgan fingerprint density at radius 3 is 2.95 bits per heavy atom. The molecule has 1 unspecified atom stereocenters. The van der Waals surface area contributed by atoms with E-state index in [2.05, 4.69) is 28.2 Å². The highest BCUT2D eigenvalue weighted by atomic mass is 15.2. The van der Waals surface area contributed by atoms with Crippen LogP contribution < -0.4 is 5.32 Å². The van der Waals surface area contributed by atoms with Crippen molar-refractivity contribution in [3.63, 3.8) is 0 Å². The summed E-state index contributed by atoms with van der Waals surface area (Å²) >= 11 is 0. The lowest BCUT2D eigenvalue weighted by molar-refractivity contribution is 0.141. The lowest BCUT2D eigenvalue weighted by Crippen LogP contribution is -2.53. The van der Waals surface area contributed by atoms with E-state index in [1.807, 2.05) is 12.4 Å². The lowest BCUT2D eigenvalue weighted by Gasteiger charge is -2.39. The van der Waals surface area contributed by atoms with Gasteiger partial charge in [0.25, 0.3) is 0 Å². The minimum atomic E-state index is 0.709. The van der Waals surface area contributed by atoms with Crippen LogP contribution >= 0.6 is 0 Å². The van der Waals surface area contributed by atoms with Crippen molar-refractivity contribution in [3.8, 4) is 0 Å². The van der Waals surface area contributed by atoms with Crippen LogP contribution in [0.1, 0.15) is 43.2 Å². The maximum Gasteiger partial charge on any atom is 0.0315 e. The van der Waals surface area contributed by atoms with Crippen LogP contribution in [0.5, 0.6) is 0 Å². The summed E-state index contributed by atoms with van der Waals surface area (Å²) in [6.45, 7) is 6.76. The van der Waals surface area contributed by atoms with Gasteiger partial charge in [-0.15, -0.1) is 0 Å². The maximum atomic E-state index is 4.28. The number of nitrogens with one attached hydrogen (secondary N) is 1. The number of nitrogens with zero attached hydrogens (tertiary/aromatic N) is 2. The first-order valence-corrected chi connectivity index (χ1v) is 8.18. The average Bonchev–Trinajstić information content (AvgIpc) is 2.51. The van der Waals surface area contributed by atoms with Crippen molar-refractivity contribution in [3.05, 3.63) is 29.6 Å². The number of aryl methyl sites for hydroxylation is 1. The molecule has 1 saturated heterocycles. The molecule has 0 spiro atoms. The van der Waals surface area contributed by atoms with Crippen molar-refractivity contribution in [2.24, 2.45) is 5.92 Å². The molecule has 20 heavy (non-hydrogen) atoms. The van der Waals surface area contributed by atoms with Crippen LogP contribution in [0.2, 0.25) is 0 Å². The summed E-state index contributed by atoms with van der Waals surface area (Å²) in [6, 6.07) is 2.83. The predicted octanol–water partition coefficient (Wildman–Crippen LogP) is 2.74. The summed E-state index contributed by atoms with van der Waals surface area (Å²) in [5.41, 5.74) is 2.75. The van der Waals surface area contributed by atoms with E-state index in [0.29, 0.717) is 6.04 Å². The minimum Gasteiger partial charge on any atom is -0.311 e. The van der Waals surface area contributed by atoms with Crippen molar-refractivity contribution in [2.45, 2.75) is 51.6 Å². The van der Waals surface area contributed by atoms with Gasteiger partial charge in [-0.05, 0) is 42.9 Å². The number of hydrogen-bond donors (Lipinski definition) is 1. The zero-order valence-corrected chi connectivity index (χ0v) is 12.6. The van der Waals surface area contributed by atoms with Gasteiger partial charge in [-0.1, -0.05) is 19.3 Å². The molecule has 0 aromatic carbocycles. The minimum absolute atomic E-state index is 0.709. The van der Waals surface area contributed by atoms with Crippen LogP contribution in [-0.4, -0.2) is 35.6 Å². The Balaban J connectivity index is 1.59. The van der Waals surface area contributed by atoms with Crippen LogP contribution in [0, 0.1) is 12.8 Å². The molecule has 1 aliphatic heterocycles. The van der Waals surface area contributed by atoms with Crippen molar-refractivity contribution in [1.82, 2.24) is 15.2 Å². The van der Waals surface area contributed by atoms with Gasteiger partial charge in [0.05, 0.1) is 0 Å². The highest BCUT2D eigenvalue weighted by Gasteiger charge is 2.27. The second kappa shape index (κ2) is 6.68. The van der Waals surface area contributed by atoms with Gasteiger partial charge in [0.15, 0.2) is 0 Å². The third-order valence-corrected chi connectivity index (χ3v) is 5.05. The van der Waals surface area contributed by atoms with E-state index in [1.165, 1.54) is 49.8 Å². The molecule has 0 radical (unpaired) electrons. The molecular weight excluding hydrogens is 246 g/mol. The molecule has 0 amide bonds. The summed E-state index contributed by atoms with van der Waals surface area (Å²) in [7, 11) is 0. The summed E-state index contributed by atoms with van der Waals surface area (Å²) in [5, 5.41) is 3.76. The Morgan fingerprint density at radius 1 is 1.30 bits per heavy atom. The van der Waals surface area contributed by atoms with Crippen LogP contribution in [0.25, 0.3) is 0 Å². The van der Waals surface area contributed by atoms with Gasteiger partial charge >= 0.3 is 0 Å². The Labute approximate surface area is 122 Å². The summed E-state index contributed by atoms with van der Waals surface area (Å²) in [5.74, 6) is 0.904. The number of aromatic nitrogens is 1. The molecule has 2 aliphatic rings. The third kappa shape index (κ3) is 3.39. The molecule has 2 heterocycles. The van der Waals surface area contributed by atoms with Crippen LogP contribution in [-0.2, 0) is 6.54 Å². The summed E-state index contributed by atoms with van der Waals surface area (Å²) < 4.78 is 0. The van der Waals surface area contributed by atoms with E-state index < -0.39 is 0 Å². The highest BCUT2D eigenvalue weighted by Crippen LogP contribution is 2.28. The largest absolute Gasteiger partial charge is 0.311 e. The fourth-order valence-electron chi connectivity index (χ4n) is 3.74. The van der Waals surface area contributed by atoms with Crippen LogP contribution in [0.15, 0.2) is 18.5 Å². The van der Waals surface area contributed by atoms with E-state index in [0.717, 1.165) is 25.6 Å². The van der Waals surface area contributed by atoms with Crippen molar-refractivity contribution in [1.29, 1.82) is 0 Å². The number of hydrogen-bond acceptors (Lipinski definition) is 3. The molecule has 0 bridgehead atoms. The summed E-state index contributed by atoms with van der Waals surface area (Å²) in [6.07, 6.45) is 11.1. The van der Waals surface area contributed by atoms with E-state index in [-0.39, 0.29) is 0 Å². The van der Waals surface area contributed by atoms with E-state index in [1.54, 1.807) is 0 Å². The molecule has 1 N–H and O–H groups in total. The number of piperazine rings is 1. The maximum absolute atomic E-state index is 4.28. The second-order valence-electron chi connectivity index (χ2n) is 6.50. The van der Waals surface area contributed by atoms with Gasteiger partial charge in [-0.25, -0.2) is 0 Å². The molecule has 1 aromatic rings. The first-order chi connectivity index (χ1) is 9.83. The first-order valence-electron chi connectivity index (χ1n) is 8.18. The smallest absolute Gasteiger partial charge is 0.0315 e. The van der Waals surface area contributed by atoms with Gasteiger partial charge in [0, 0.05) is 44.6 Å². The molecule has 1 saturated carbocycles. The Morgan fingerprint density at radius 2 is 2.15 bits per heavy atom. The monoisotopic (exact) mass is 273 g/mol. The average molecular weight is 273 g/mol. The Hall–Kier alpha value is -0.930. The normalized spacial score (nSPS) is 25.8. The Bertz CT molecular complexity index is 426. The van der Waals surface area contributed by atoms with Gasteiger partial charge in [-0.3, -0.25) is 9.88 Å². The molecule has 1 aliphatic carbocycles. The molecular formula is C17H27N3. The number of rotatable bonds is 3. The molecule has 1 aromatic heterocycles. The predicted molar refractivity (Wildman–Crippen MR) is 82.6 cm³/mol. The van der Waals surface area contributed by atoms with Crippen LogP contribution in [0.3, 0.4) is 0 Å². The van der Waals surface area contributed by atoms with Crippen molar-refractivity contribution >= 4 is 0 Å². The van der Waals surface area contributed by atoms with Gasteiger partial charge in [0.2, 0.25) is 0 Å². The lowest BCUT2D eigenvalue weighted by atomic mass is 9.83. The molecule has 110 valence electrons. The standard InChI is InChI=1S/C17H27N3/c1-14-7-8-18-11-16(14)12-20-10-9-19-17(13-20)15-5-3-2-4-6-15/h7-8,11,15,17,19H,2-6,9-10,12-13H2,1H3. The van der Waals surface area contributed by atoms with Gasteiger partial charge in [-0.2, -0.15) is 0 Å². The number of pyridine rings is 1. The highest BCUT2D eigenvalue weighted by molar-refractivity contribution is 5.21. The molecule has 1 atom stereocenters. The van der Waals surface area contributed by atoms with E-state index >= 15 is 0 Å². The molecule has 3 nitrogen and oxygen atoms in total. The topological polar surface area (TPSA) is 28.2 Å². The van der Waals surface area contributed by atoms with E-state index in [4.69, 9.17) is 0 Å². The fourth-order valence-corrected chi connectivity index (χ4v) is 3.74. The molecule has 3 rings (SSSR count). The first kappa shape index (κ1) is 14.0. The zero-order valence-electron chi connectivity index (χ0n) is 12.6. The van der Waals surface area contributed by atoms with Gasteiger partial charge < -0.3 is 5.32 Å². The second-order valence-corrected chi connectivity index (χ2v) is 6.50. The third-order valence-electron chi connectivity index (χ3n) is 5.05. The van der Waals surface area contributed by atoms with Crippen LogP contribution in [0.4, 0.5) is 0 Å². The van der Waals surface area contributed by atoms with Crippen molar-refractivity contribution in [2.75, 3.05) is 19.6 Å². The fraction of sp³-hybridized carbons (Fsp3) is 0.706. The SMILES string of the molecule is Cc1ccncc1CN1CCNC(C2CCCCC2)C1. The molecule has 2 fully saturated rings. The quantitative estimate of drug-likeness (QED) is 0.918. The van der Waals surface area contributed by atoms with E-state index in [9.17, 15) is 0 Å². The summed E-state index contributed by atoms with van der Waals surface area (Å²) in [4.78, 5) is 6.89.